The molecule has 0 saturated carbocycles. The highest BCUT2D eigenvalue weighted by atomic mass is 32.2. The third kappa shape index (κ3) is 13.2. The van der Waals surface area contributed by atoms with Gasteiger partial charge in [0.1, 0.15) is 6.61 Å². The Morgan fingerprint density at radius 2 is 1.74 bits per heavy atom. The van der Waals surface area contributed by atoms with Crippen LogP contribution in [0.25, 0.3) is 0 Å². The van der Waals surface area contributed by atoms with Crippen LogP contribution in [0.2, 0.25) is 0 Å². The van der Waals surface area contributed by atoms with E-state index in [1.54, 1.807) is 11.8 Å². The smallest absolute Gasteiger partial charge is 0.309 e. The number of hydrogen-bond acceptors (Lipinski definition) is 7. The van der Waals surface area contributed by atoms with Crippen LogP contribution in [0.3, 0.4) is 0 Å². The van der Waals surface area contributed by atoms with E-state index in [0.717, 1.165) is 24.2 Å². The summed E-state index contributed by atoms with van der Waals surface area (Å²) in [4.78, 5) is 39.3. The molecular formula is C33H44N2O6S. The molecule has 1 aliphatic rings. The lowest BCUT2D eigenvalue weighted by Gasteiger charge is -2.24. The Hall–Kier alpha value is -3.14. The highest BCUT2D eigenvalue weighted by Crippen LogP contribution is 2.20. The highest BCUT2D eigenvalue weighted by Gasteiger charge is 2.26. The molecule has 8 nitrogen and oxygen atoms in total. The number of ether oxygens (including phenoxy) is 2. The first-order chi connectivity index (χ1) is 20.5. The quantitative estimate of drug-likeness (QED) is 0.182. The van der Waals surface area contributed by atoms with Crippen molar-refractivity contribution in [2.45, 2.75) is 50.3 Å². The van der Waals surface area contributed by atoms with E-state index in [4.69, 9.17) is 14.6 Å². The average molecular weight is 597 g/mol. The fraction of sp³-hybridized carbons (Fsp3) is 0.485. The van der Waals surface area contributed by atoms with Crippen LogP contribution in [-0.4, -0.2) is 67.7 Å². The number of esters is 1. The number of aliphatic hydroxyl groups is 1. The molecule has 0 bridgehead atoms. The van der Waals surface area contributed by atoms with Crippen molar-refractivity contribution in [1.82, 2.24) is 10.6 Å². The molecule has 1 heterocycles. The van der Waals surface area contributed by atoms with Crippen LogP contribution in [-0.2, 0) is 36.0 Å². The Kier molecular flexibility index (Phi) is 15.8. The first-order valence-corrected chi connectivity index (χ1v) is 15.9. The molecule has 0 aromatic heterocycles. The fourth-order valence-corrected chi connectivity index (χ4v) is 5.72. The van der Waals surface area contributed by atoms with Gasteiger partial charge in [-0.3, -0.25) is 14.4 Å². The molecule has 0 radical (unpaired) electrons. The van der Waals surface area contributed by atoms with Gasteiger partial charge >= 0.3 is 5.97 Å². The molecule has 3 atom stereocenters. The van der Waals surface area contributed by atoms with Gasteiger partial charge in [0.25, 0.3) is 0 Å². The molecule has 0 fully saturated rings. The third-order valence-corrected chi connectivity index (χ3v) is 8.15. The number of aliphatic hydroxyl groups excluding tert-OH is 1. The summed E-state index contributed by atoms with van der Waals surface area (Å²) in [7, 11) is 0. The lowest BCUT2D eigenvalue weighted by molar-refractivity contribution is -0.150. The Morgan fingerprint density at radius 3 is 2.48 bits per heavy atom. The number of benzene rings is 2. The summed E-state index contributed by atoms with van der Waals surface area (Å²) in [6.07, 6.45) is 7.41. The summed E-state index contributed by atoms with van der Waals surface area (Å²) in [5, 5.41) is 14.7. The van der Waals surface area contributed by atoms with E-state index in [1.807, 2.05) is 60.7 Å². The molecule has 42 heavy (non-hydrogen) atoms. The van der Waals surface area contributed by atoms with Crippen molar-refractivity contribution in [2.75, 3.05) is 38.7 Å². The molecule has 228 valence electrons. The van der Waals surface area contributed by atoms with Crippen molar-refractivity contribution in [3.05, 3.63) is 83.9 Å². The SMILES string of the molecule is O=C(CC1CC=CCCCC(Cc2ccccc2)C(=O)OCC(CSCc2ccccc2)NC1=O)NCCOCCO. The number of carbonyl (C=O) groups is 3. The molecule has 0 spiro atoms. The number of allylic oxidation sites excluding steroid dienone is 2. The number of nitrogens with one attached hydrogen (secondary N) is 2. The zero-order chi connectivity index (χ0) is 29.8. The maximum atomic E-state index is 13.4. The van der Waals surface area contributed by atoms with Gasteiger partial charge in [-0.2, -0.15) is 11.8 Å². The number of hydrogen-bond donors (Lipinski definition) is 3. The molecule has 2 aromatic rings. The van der Waals surface area contributed by atoms with E-state index in [0.29, 0.717) is 38.2 Å². The Morgan fingerprint density at radius 1 is 1.00 bits per heavy atom. The van der Waals surface area contributed by atoms with Crippen molar-refractivity contribution < 1.29 is 29.0 Å². The zero-order valence-electron chi connectivity index (χ0n) is 24.2. The van der Waals surface area contributed by atoms with Crippen molar-refractivity contribution >= 4 is 29.5 Å². The summed E-state index contributed by atoms with van der Waals surface area (Å²) in [5.41, 5.74) is 2.28. The minimum absolute atomic E-state index is 0.0407. The lowest BCUT2D eigenvalue weighted by Crippen LogP contribution is -2.45. The summed E-state index contributed by atoms with van der Waals surface area (Å²) < 4.78 is 11.0. The minimum Gasteiger partial charge on any atom is -0.463 e. The van der Waals surface area contributed by atoms with Crippen LogP contribution >= 0.6 is 11.8 Å². The number of cyclic esters (lactones) is 1. The zero-order valence-corrected chi connectivity index (χ0v) is 25.1. The monoisotopic (exact) mass is 596 g/mol. The molecule has 0 aliphatic carbocycles. The second-order valence-corrected chi connectivity index (χ2v) is 11.5. The molecule has 2 aromatic carbocycles. The van der Waals surface area contributed by atoms with E-state index in [-0.39, 0.29) is 49.9 Å². The number of rotatable bonds is 13. The summed E-state index contributed by atoms with van der Waals surface area (Å²) in [6, 6.07) is 19.7. The van der Waals surface area contributed by atoms with Gasteiger partial charge in [0.2, 0.25) is 11.8 Å². The summed E-state index contributed by atoms with van der Waals surface area (Å²) >= 11 is 1.67. The molecule has 3 rings (SSSR count). The van der Waals surface area contributed by atoms with Gasteiger partial charge in [-0.1, -0.05) is 72.8 Å². The van der Waals surface area contributed by atoms with Gasteiger partial charge in [-0.05, 0) is 43.2 Å². The molecular weight excluding hydrogens is 552 g/mol. The van der Waals surface area contributed by atoms with E-state index >= 15 is 0 Å². The molecule has 3 N–H and O–H groups in total. The molecule has 2 amide bonds. The largest absolute Gasteiger partial charge is 0.463 e. The molecule has 0 saturated heterocycles. The minimum atomic E-state index is -0.550. The maximum Gasteiger partial charge on any atom is 0.309 e. The Bertz CT molecular complexity index is 1100. The fourth-order valence-electron chi connectivity index (χ4n) is 4.71. The van der Waals surface area contributed by atoms with Gasteiger partial charge in [0, 0.05) is 24.5 Å². The topological polar surface area (TPSA) is 114 Å². The number of carbonyl (C=O) groups excluding carboxylic acids is 3. The van der Waals surface area contributed by atoms with Crippen LogP contribution in [0.5, 0.6) is 0 Å². The lowest BCUT2D eigenvalue weighted by atomic mass is 9.93. The van der Waals surface area contributed by atoms with Crippen LogP contribution < -0.4 is 10.6 Å². The molecule has 3 unspecified atom stereocenters. The predicted octanol–water partition coefficient (Wildman–Crippen LogP) is 4.07. The Balaban J connectivity index is 1.67. The second-order valence-electron chi connectivity index (χ2n) is 10.4. The second kappa shape index (κ2) is 19.9. The van der Waals surface area contributed by atoms with Crippen LogP contribution in [0.4, 0.5) is 0 Å². The van der Waals surface area contributed by atoms with Crippen LogP contribution in [0.15, 0.2) is 72.8 Å². The third-order valence-electron chi connectivity index (χ3n) is 6.98. The van der Waals surface area contributed by atoms with Gasteiger partial charge in [0.05, 0.1) is 37.7 Å². The highest BCUT2D eigenvalue weighted by molar-refractivity contribution is 7.98. The van der Waals surface area contributed by atoms with E-state index < -0.39 is 12.0 Å². The average Bonchev–Trinajstić information content (AvgIpc) is 3.00. The van der Waals surface area contributed by atoms with Crippen molar-refractivity contribution in [3.63, 3.8) is 0 Å². The van der Waals surface area contributed by atoms with Crippen molar-refractivity contribution in [2.24, 2.45) is 11.8 Å². The maximum absolute atomic E-state index is 13.4. The van der Waals surface area contributed by atoms with Gasteiger partial charge < -0.3 is 25.2 Å². The summed E-state index contributed by atoms with van der Waals surface area (Å²) in [5.74, 6) is -0.181. The van der Waals surface area contributed by atoms with Gasteiger partial charge in [-0.25, -0.2) is 0 Å². The van der Waals surface area contributed by atoms with E-state index in [1.165, 1.54) is 5.56 Å². The first kappa shape index (κ1) is 33.4. The summed E-state index contributed by atoms with van der Waals surface area (Å²) in [6.45, 7) is 0.820. The Labute approximate surface area is 253 Å². The van der Waals surface area contributed by atoms with Crippen LogP contribution in [0, 0.1) is 11.8 Å². The van der Waals surface area contributed by atoms with Gasteiger partial charge in [0.15, 0.2) is 0 Å². The predicted molar refractivity (Wildman–Crippen MR) is 166 cm³/mol. The van der Waals surface area contributed by atoms with Crippen LogP contribution in [0.1, 0.15) is 43.2 Å². The number of thioether (sulfide) groups is 1. The first-order valence-electron chi connectivity index (χ1n) is 14.8. The van der Waals surface area contributed by atoms with Crippen molar-refractivity contribution in [3.8, 4) is 0 Å². The number of amides is 2. The van der Waals surface area contributed by atoms with Crippen molar-refractivity contribution in [1.29, 1.82) is 0 Å². The molecule has 1 aliphatic heterocycles. The van der Waals surface area contributed by atoms with Gasteiger partial charge in [-0.15, -0.1) is 0 Å². The normalized spacial score (nSPS) is 20.3. The molecule has 9 heteroatoms. The van der Waals surface area contributed by atoms with E-state index in [2.05, 4.69) is 22.8 Å². The van der Waals surface area contributed by atoms with E-state index in [9.17, 15) is 14.4 Å². The standard InChI is InChI=1S/C33H44N2O6S/c36-18-20-40-19-17-34-31(37)22-28-15-9-1-2-10-16-29(21-26-11-5-3-6-12-26)33(39)41-23-30(35-32(28)38)25-42-24-27-13-7-4-8-14-27/h1,3-9,11-14,28-30,36H,2,10,15-25H2,(H,34,37)(H,35,38).